The number of hydrogen-bond donors (Lipinski definition) is 1. The Kier molecular flexibility index (Phi) is 3.88. The Balaban J connectivity index is 2.50. The van der Waals surface area contributed by atoms with Crippen molar-refractivity contribution in [3.8, 4) is 0 Å². The molecule has 1 aromatic rings. The molecule has 4 nitrogen and oxygen atoms in total. The van der Waals surface area contributed by atoms with Gasteiger partial charge in [-0.2, -0.15) is 5.10 Å². The van der Waals surface area contributed by atoms with Crippen LogP contribution < -0.4 is 0 Å². The fourth-order valence-electron chi connectivity index (χ4n) is 1.15. The van der Waals surface area contributed by atoms with Crippen molar-refractivity contribution in [1.82, 2.24) is 9.78 Å². The molecule has 0 saturated carbocycles. The van der Waals surface area contributed by atoms with Gasteiger partial charge in [0.1, 0.15) is 6.10 Å². The molecule has 15 heavy (non-hydrogen) atoms. The van der Waals surface area contributed by atoms with Gasteiger partial charge in [0.05, 0.1) is 18.4 Å². The second-order valence-corrected chi connectivity index (χ2v) is 4.57. The minimum Gasteiger partial charge on any atom is -0.386 e. The Bertz CT molecular complexity index is 302. The predicted octanol–water partition coefficient (Wildman–Crippen LogP) is 1.75. The van der Waals surface area contributed by atoms with Crippen LogP contribution in [-0.2, 0) is 11.3 Å². The van der Waals surface area contributed by atoms with Crippen LogP contribution in [0, 0.1) is 0 Å². The second-order valence-electron chi connectivity index (χ2n) is 4.57. The summed E-state index contributed by atoms with van der Waals surface area (Å²) in [5.74, 6) is 0. The summed E-state index contributed by atoms with van der Waals surface area (Å²) in [4.78, 5) is 0. The molecule has 1 N–H and O–H groups in total. The molecule has 0 amide bonds. The molecule has 1 atom stereocenters. The van der Waals surface area contributed by atoms with Crippen molar-refractivity contribution in [1.29, 1.82) is 0 Å². The lowest BCUT2D eigenvalue weighted by atomic mass is 10.2. The van der Waals surface area contributed by atoms with E-state index in [-0.39, 0.29) is 5.60 Å². The SMILES string of the molecule is CCn1cc(C(O)COC(C)(C)C)cn1. The van der Waals surface area contributed by atoms with Gasteiger partial charge in [-0.1, -0.05) is 0 Å². The first-order valence-corrected chi connectivity index (χ1v) is 5.27. The van der Waals surface area contributed by atoms with Crippen LogP contribution in [0.25, 0.3) is 0 Å². The third-order valence-corrected chi connectivity index (χ3v) is 2.04. The number of aryl methyl sites for hydroxylation is 1. The van der Waals surface area contributed by atoms with E-state index in [1.165, 1.54) is 0 Å². The Morgan fingerprint density at radius 1 is 1.53 bits per heavy atom. The minimum atomic E-state index is -0.593. The van der Waals surface area contributed by atoms with Gasteiger partial charge in [0.25, 0.3) is 0 Å². The Morgan fingerprint density at radius 3 is 2.67 bits per heavy atom. The zero-order valence-electron chi connectivity index (χ0n) is 9.90. The number of aliphatic hydroxyl groups excluding tert-OH is 1. The molecule has 1 unspecified atom stereocenters. The highest BCUT2D eigenvalue weighted by molar-refractivity contribution is 5.07. The molecule has 0 aliphatic heterocycles. The van der Waals surface area contributed by atoms with E-state index in [2.05, 4.69) is 5.10 Å². The van der Waals surface area contributed by atoms with Gasteiger partial charge in [-0.05, 0) is 27.7 Å². The molecule has 0 aliphatic carbocycles. The second kappa shape index (κ2) is 4.77. The summed E-state index contributed by atoms with van der Waals surface area (Å²) in [6.45, 7) is 9.03. The lowest BCUT2D eigenvalue weighted by Crippen LogP contribution is -2.22. The van der Waals surface area contributed by atoms with E-state index >= 15 is 0 Å². The van der Waals surface area contributed by atoms with Crippen molar-refractivity contribution in [3.05, 3.63) is 18.0 Å². The highest BCUT2D eigenvalue weighted by atomic mass is 16.5. The van der Waals surface area contributed by atoms with Crippen LogP contribution in [0.1, 0.15) is 39.4 Å². The molecular weight excluding hydrogens is 192 g/mol. The number of rotatable bonds is 4. The first-order chi connectivity index (χ1) is 6.92. The molecule has 0 saturated heterocycles. The summed E-state index contributed by atoms with van der Waals surface area (Å²) in [7, 11) is 0. The monoisotopic (exact) mass is 212 g/mol. The van der Waals surface area contributed by atoms with E-state index in [1.54, 1.807) is 10.9 Å². The number of nitrogens with zero attached hydrogens (tertiary/aromatic N) is 2. The van der Waals surface area contributed by atoms with Crippen LogP contribution in [0.5, 0.6) is 0 Å². The molecule has 0 bridgehead atoms. The van der Waals surface area contributed by atoms with E-state index in [4.69, 9.17) is 4.74 Å². The molecule has 0 radical (unpaired) electrons. The van der Waals surface area contributed by atoms with Gasteiger partial charge >= 0.3 is 0 Å². The van der Waals surface area contributed by atoms with Crippen molar-refractivity contribution in [2.24, 2.45) is 0 Å². The molecule has 0 fully saturated rings. The van der Waals surface area contributed by atoms with Crippen LogP contribution >= 0.6 is 0 Å². The fraction of sp³-hybridized carbons (Fsp3) is 0.727. The van der Waals surface area contributed by atoms with Crippen molar-refractivity contribution in [3.63, 3.8) is 0 Å². The topological polar surface area (TPSA) is 47.3 Å². The minimum absolute atomic E-state index is 0.221. The molecule has 1 aromatic heterocycles. The maximum absolute atomic E-state index is 9.81. The lowest BCUT2D eigenvalue weighted by Gasteiger charge is -2.21. The molecule has 0 spiro atoms. The first kappa shape index (κ1) is 12.2. The predicted molar refractivity (Wildman–Crippen MR) is 58.6 cm³/mol. The van der Waals surface area contributed by atoms with Crippen LogP contribution in [-0.4, -0.2) is 27.1 Å². The van der Waals surface area contributed by atoms with Crippen molar-refractivity contribution in [2.75, 3.05) is 6.61 Å². The number of ether oxygens (including phenoxy) is 1. The molecular formula is C11H20N2O2. The third kappa shape index (κ3) is 4.01. The quantitative estimate of drug-likeness (QED) is 0.827. The van der Waals surface area contributed by atoms with Gasteiger partial charge in [0.15, 0.2) is 0 Å². The number of aliphatic hydroxyl groups is 1. The van der Waals surface area contributed by atoms with E-state index < -0.39 is 6.10 Å². The number of aromatic nitrogens is 2. The normalized spacial score (nSPS) is 14.2. The maximum atomic E-state index is 9.81. The van der Waals surface area contributed by atoms with Gasteiger partial charge < -0.3 is 9.84 Å². The van der Waals surface area contributed by atoms with Gasteiger partial charge in [0, 0.05) is 18.3 Å². The average molecular weight is 212 g/mol. The fourth-order valence-corrected chi connectivity index (χ4v) is 1.15. The Labute approximate surface area is 90.9 Å². The highest BCUT2D eigenvalue weighted by Crippen LogP contribution is 2.16. The zero-order valence-corrected chi connectivity index (χ0v) is 9.90. The molecule has 1 rings (SSSR count). The third-order valence-electron chi connectivity index (χ3n) is 2.04. The Hall–Kier alpha value is -0.870. The van der Waals surface area contributed by atoms with Crippen LogP contribution in [0.2, 0.25) is 0 Å². The van der Waals surface area contributed by atoms with Gasteiger partial charge in [0.2, 0.25) is 0 Å². The van der Waals surface area contributed by atoms with Gasteiger partial charge in [-0.25, -0.2) is 0 Å². The van der Waals surface area contributed by atoms with Crippen LogP contribution in [0.4, 0.5) is 0 Å². The van der Waals surface area contributed by atoms with Crippen molar-refractivity contribution >= 4 is 0 Å². The lowest BCUT2D eigenvalue weighted by molar-refractivity contribution is -0.0496. The molecule has 86 valence electrons. The van der Waals surface area contributed by atoms with Gasteiger partial charge in [-0.3, -0.25) is 4.68 Å². The van der Waals surface area contributed by atoms with Crippen molar-refractivity contribution in [2.45, 2.75) is 45.9 Å². The summed E-state index contributed by atoms with van der Waals surface area (Å²) in [6, 6.07) is 0. The molecule has 0 aromatic carbocycles. The van der Waals surface area contributed by atoms with Crippen molar-refractivity contribution < 1.29 is 9.84 Å². The van der Waals surface area contributed by atoms with Crippen LogP contribution in [0.3, 0.4) is 0 Å². The van der Waals surface area contributed by atoms with E-state index in [9.17, 15) is 5.11 Å². The molecule has 4 heteroatoms. The zero-order chi connectivity index (χ0) is 11.5. The summed E-state index contributed by atoms with van der Waals surface area (Å²) < 4.78 is 7.29. The summed E-state index contributed by atoms with van der Waals surface area (Å²) in [5.41, 5.74) is 0.586. The maximum Gasteiger partial charge on any atom is 0.105 e. The molecule has 1 heterocycles. The van der Waals surface area contributed by atoms with E-state index in [0.29, 0.717) is 6.61 Å². The summed E-state index contributed by atoms with van der Waals surface area (Å²) in [5, 5.41) is 13.9. The Morgan fingerprint density at radius 2 is 2.20 bits per heavy atom. The average Bonchev–Trinajstić information content (AvgIpc) is 2.61. The van der Waals surface area contributed by atoms with Crippen LogP contribution in [0.15, 0.2) is 12.4 Å². The number of hydrogen-bond acceptors (Lipinski definition) is 3. The van der Waals surface area contributed by atoms with Gasteiger partial charge in [-0.15, -0.1) is 0 Å². The first-order valence-electron chi connectivity index (χ1n) is 5.27. The van der Waals surface area contributed by atoms with E-state index in [0.717, 1.165) is 12.1 Å². The smallest absolute Gasteiger partial charge is 0.105 e. The largest absolute Gasteiger partial charge is 0.386 e. The summed E-state index contributed by atoms with van der Waals surface area (Å²) >= 11 is 0. The molecule has 0 aliphatic rings. The highest BCUT2D eigenvalue weighted by Gasteiger charge is 2.15. The summed E-state index contributed by atoms with van der Waals surface area (Å²) in [6.07, 6.45) is 2.93. The standard InChI is InChI=1S/C11H20N2O2/c1-5-13-7-9(6-12-13)10(14)8-15-11(2,3)4/h6-7,10,14H,5,8H2,1-4H3. The van der Waals surface area contributed by atoms with E-state index in [1.807, 2.05) is 33.9 Å².